The second-order valence-electron chi connectivity index (χ2n) is 4.98. The average Bonchev–Trinajstić information content (AvgIpc) is 2.48. The highest BCUT2D eigenvalue weighted by Gasteiger charge is 2.07. The zero-order chi connectivity index (χ0) is 15.2. The van der Waals surface area contributed by atoms with Crippen molar-refractivity contribution < 1.29 is 4.74 Å². The Morgan fingerprint density at radius 2 is 1.95 bits per heavy atom. The van der Waals surface area contributed by atoms with Crippen molar-refractivity contribution in [2.75, 3.05) is 11.9 Å². The first-order chi connectivity index (χ1) is 10.1. The topological polar surface area (TPSA) is 45.0 Å². The fourth-order valence-corrected chi connectivity index (χ4v) is 2.36. The molecule has 1 atom stereocenters. The maximum absolute atomic E-state index is 8.85. The largest absolute Gasteiger partial charge is 0.491 e. The van der Waals surface area contributed by atoms with Gasteiger partial charge in [-0.15, -0.1) is 0 Å². The maximum atomic E-state index is 8.85. The van der Waals surface area contributed by atoms with Crippen molar-refractivity contribution >= 4 is 21.6 Å². The summed E-state index contributed by atoms with van der Waals surface area (Å²) in [4.78, 5) is 0. The molecule has 0 bridgehead atoms. The van der Waals surface area contributed by atoms with Crippen molar-refractivity contribution in [3.8, 4) is 11.8 Å². The minimum Gasteiger partial charge on any atom is -0.491 e. The van der Waals surface area contributed by atoms with Crippen LogP contribution < -0.4 is 10.1 Å². The zero-order valence-electron chi connectivity index (χ0n) is 12.1. The van der Waals surface area contributed by atoms with Crippen molar-refractivity contribution in [2.45, 2.75) is 19.9 Å². The molecule has 0 aliphatic rings. The summed E-state index contributed by atoms with van der Waals surface area (Å²) in [6, 6.07) is 15.8. The van der Waals surface area contributed by atoms with Gasteiger partial charge in [0.2, 0.25) is 0 Å². The molecule has 4 heteroatoms. The number of halogens is 1. The molecule has 0 saturated carbocycles. The van der Waals surface area contributed by atoms with Gasteiger partial charge in [-0.25, -0.2) is 0 Å². The summed E-state index contributed by atoms with van der Waals surface area (Å²) >= 11 is 3.47. The summed E-state index contributed by atoms with van der Waals surface area (Å²) < 4.78 is 6.63. The summed E-state index contributed by atoms with van der Waals surface area (Å²) in [7, 11) is 0. The van der Waals surface area contributed by atoms with Crippen LogP contribution in [0.3, 0.4) is 0 Å². The van der Waals surface area contributed by atoms with Gasteiger partial charge < -0.3 is 10.1 Å². The van der Waals surface area contributed by atoms with Crippen LogP contribution in [0.2, 0.25) is 0 Å². The fourth-order valence-electron chi connectivity index (χ4n) is 1.86. The van der Waals surface area contributed by atoms with Gasteiger partial charge in [-0.2, -0.15) is 5.26 Å². The molecule has 1 N–H and O–H groups in total. The van der Waals surface area contributed by atoms with Crippen molar-refractivity contribution in [3.63, 3.8) is 0 Å². The predicted molar refractivity (Wildman–Crippen MR) is 88.6 cm³/mol. The number of benzene rings is 2. The monoisotopic (exact) mass is 344 g/mol. The van der Waals surface area contributed by atoms with Crippen LogP contribution in [0.15, 0.2) is 46.9 Å². The van der Waals surface area contributed by atoms with Gasteiger partial charge in [-0.1, -0.05) is 17.7 Å². The van der Waals surface area contributed by atoms with Crippen molar-refractivity contribution in [2.24, 2.45) is 0 Å². The van der Waals surface area contributed by atoms with E-state index >= 15 is 0 Å². The molecular formula is C17H17BrN2O. The highest BCUT2D eigenvalue weighted by molar-refractivity contribution is 9.10. The van der Waals surface area contributed by atoms with E-state index in [-0.39, 0.29) is 6.04 Å². The van der Waals surface area contributed by atoms with E-state index in [9.17, 15) is 0 Å². The lowest BCUT2D eigenvalue weighted by molar-refractivity contribution is 0.304. The van der Waals surface area contributed by atoms with Crippen LogP contribution in [-0.2, 0) is 0 Å². The van der Waals surface area contributed by atoms with Crippen LogP contribution in [-0.4, -0.2) is 12.6 Å². The summed E-state index contributed by atoms with van der Waals surface area (Å²) in [5.74, 6) is 0.869. The van der Waals surface area contributed by atoms with Crippen LogP contribution >= 0.6 is 15.9 Å². The van der Waals surface area contributed by atoms with Crippen LogP contribution in [0.25, 0.3) is 0 Å². The zero-order valence-corrected chi connectivity index (χ0v) is 13.6. The van der Waals surface area contributed by atoms with Gasteiger partial charge in [0.05, 0.1) is 17.7 Å². The second-order valence-corrected chi connectivity index (χ2v) is 5.83. The molecule has 0 spiro atoms. The molecule has 21 heavy (non-hydrogen) atoms. The Labute approximate surface area is 133 Å². The summed E-state index contributed by atoms with van der Waals surface area (Å²) in [5, 5.41) is 12.2. The van der Waals surface area contributed by atoms with Gasteiger partial charge in [-0.05, 0) is 60.1 Å². The molecule has 1 unspecified atom stereocenters. The van der Waals surface area contributed by atoms with E-state index in [1.165, 1.54) is 5.56 Å². The molecule has 0 heterocycles. The Morgan fingerprint density at radius 1 is 1.24 bits per heavy atom. The number of aryl methyl sites for hydroxylation is 1. The molecular weight excluding hydrogens is 328 g/mol. The Morgan fingerprint density at radius 3 is 2.57 bits per heavy atom. The van der Waals surface area contributed by atoms with E-state index in [1.54, 1.807) is 12.1 Å². The van der Waals surface area contributed by atoms with Crippen molar-refractivity contribution in [1.82, 2.24) is 0 Å². The van der Waals surface area contributed by atoms with E-state index in [0.717, 1.165) is 15.9 Å². The molecule has 0 aromatic heterocycles. The lowest BCUT2D eigenvalue weighted by Gasteiger charge is -2.17. The van der Waals surface area contributed by atoms with Gasteiger partial charge in [0.25, 0.3) is 0 Å². The third-order valence-corrected chi connectivity index (χ3v) is 3.68. The highest BCUT2D eigenvalue weighted by Crippen LogP contribution is 2.24. The first-order valence-corrected chi connectivity index (χ1v) is 7.53. The quantitative estimate of drug-likeness (QED) is 0.867. The third kappa shape index (κ3) is 4.51. The summed E-state index contributed by atoms with van der Waals surface area (Å²) in [6.07, 6.45) is 0. The maximum Gasteiger partial charge on any atom is 0.119 e. The average molecular weight is 345 g/mol. The van der Waals surface area contributed by atoms with Gasteiger partial charge in [0.1, 0.15) is 12.4 Å². The Bertz CT molecular complexity index is 647. The first kappa shape index (κ1) is 15.4. The van der Waals surface area contributed by atoms with E-state index in [1.807, 2.05) is 30.3 Å². The number of nitrogens with one attached hydrogen (secondary N) is 1. The number of anilines is 1. The first-order valence-electron chi connectivity index (χ1n) is 6.74. The molecule has 0 aliphatic heterocycles. The summed E-state index contributed by atoms with van der Waals surface area (Å²) in [5.41, 5.74) is 2.81. The van der Waals surface area contributed by atoms with Crippen LogP contribution in [0.5, 0.6) is 5.75 Å². The molecule has 2 rings (SSSR count). The molecule has 2 aromatic rings. The molecule has 2 aromatic carbocycles. The number of hydrogen-bond donors (Lipinski definition) is 1. The molecule has 108 valence electrons. The number of rotatable bonds is 5. The van der Waals surface area contributed by atoms with E-state index < -0.39 is 0 Å². The minimum atomic E-state index is 0.149. The number of ether oxygens (including phenoxy) is 1. The number of hydrogen-bond acceptors (Lipinski definition) is 3. The highest BCUT2D eigenvalue weighted by atomic mass is 79.9. The minimum absolute atomic E-state index is 0.149. The Hall–Kier alpha value is -1.99. The van der Waals surface area contributed by atoms with E-state index in [4.69, 9.17) is 10.00 Å². The van der Waals surface area contributed by atoms with Gasteiger partial charge in [0.15, 0.2) is 0 Å². The summed E-state index contributed by atoms with van der Waals surface area (Å²) in [6.45, 7) is 4.67. The SMILES string of the molecule is Cc1ccc(OCC(C)Nc2ccc(C#N)cc2Br)cc1. The molecule has 0 amide bonds. The normalized spacial score (nSPS) is 11.5. The molecule has 3 nitrogen and oxygen atoms in total. The van der Waals surface area contributed by atoms with E-state index in [2.05, 4.69) is 41.2 Å². The fraction of sp³-hybridized carbons (Fsp3) is 0.235. The smallest absolute Gasteiger partial charge is 0.119 e. The Balaban J connectivity index is 1.91. The molecule has 0 radical (unpaired) electrons. The van der Waals surface area contributed by atoms with Gasteiger partial charge >= 0.3 is 0 Å². The van der Waals surface area contributed by atoms with Gasteiger partial charge in [-0.3, -0.25) is 0 Å². The second kappa shape index (κ2) is 7.14. The molecule has 0 fully saturated rings. The van der Waals surface area contributed by atoms with Crippen molar-refractivity contribution in [1.29, 1.82) is 5.26 Å². The predicted octanol–water partition coefficient (Wildman–Crippen LogP) is 4.51. The van der Waals surface area contributed by atoms with Crippen LogP contribution in [0, 0.1) is 18.3 Å². The standard InChI is InChI=1S/C17H17BrN2O/c1-12-3-6-15(7-4-12)21-11-13(2)20-17-8-5-14(10-19)9-16(17)18/h3-9,13,20H,11H2,1-2H3. The van der Waals surface area contributed by atoms with Crippen LogP contribution in [0.4, 0.5) is 5.69 Å². The molecule has 0 aliphatic carbocycles. The molecule has 0 saturated heterocycles. The lowest BCUT2D eigenvalue weighted by Crippen LogP contribution is -2.23. The van der Waals surface area contributed by atoms with Gasteiger partial charge in [0, 0.05) is 10.2 Å². The van der Waals surface area contributed by atoms with E-state index in [0.29, 0.717) is 12.2 Å². The van der Waals surface area contributed by atoms with Crippen molar-refractivity contribution in [3.05, 3.63) is 58.1 Å². The number of nitrogens with zero attached hydrogens (tertiary/aromatic N) is 1. The van der Waals surface area contributed by atoms with Crippen LogP contribution in [0.1, 0.15) is 18.1 Å². The number of nitriles is 1. The lowest BCUT2D eigenvalue weighted by atomic mass is 10.2. The Kier molecular flexibility index (Phi) is 5.24. The third-order valence-electron chi connectivity index (χ3n) is 3.02.